The molecule has 0 aliphatic heterocycles. The van der Waals surface area contributed by atoms with E-state index in [0.717, 1.165) is 78.4 Å². The maximum absolute atomic E-state index is 10.1. The Kier molecular flexibility index (Phi) is 45.0. The average Bonchev–Trinajstić information content (AvgIpc) is 1.18. The number of hydrogen-bond acceptors (Lipinski definition) is 5. The Labute approximate surface area is 551 Å². The molecule has 0 amide bonds. The van der Waals surface area contributed by atoms with Gasteiger partial charge in [0.15, 0.2) is 0 Å². The van der Waals surface area contributed by atoms with E-state index in [-0.39, 0.29) is 20.7 Å². The van der Waals surface area contributed by atoms with E-state index in [1.54, 1.807) is 15.9 Å². The van der Waals surface area contributed by atoms with Crippen molar-refractivity contribution in [2.45, 2.75) is 206 Å². The van der Waals surface area contributed by atoms with Gasteiger partial charge in [0.25, 0.3) is 0 Å². The third kappa shape index (κ3) is 36.5. The van der Waals surface area contributed by atoms with Crippen molar-refractivity contribution in [2.75, 3.05) is 30.9 Å². The number of carbonyl (C=O) groups is 1. The Morgan fingerprint density at radius 3 is 0.753 bits per heavy atom. The summed E-state index contributed by atoms with van der Waals surface area (Å²) in [4.78, 5) is 8.56. The van der Waals surface area contributed by atoms with Gasteiger partial charge in [-0.15, -0.1) is 0 Å². The number of carbonyl (C=O) groups excluding carboxylic acids is 1. The van der Waals surface area contributed by atoms with Gasteiger partial charge in [0.05, 0.1) is 19.8 Å². The molecule has 0 aromatic heterocycles. The van der Waals surface area contributed by atoms with Crippen molar-refractivity contribution in [3.05, 3.63) is 247 Å². The van der Waals surface area contributed by atoms with Crippen molar-refractivity contribution in [3.63, 3.8) is 0 Å². The first-order valence-electron chi connectivity index (χ1n) is 34.5. The quantitative estimate of drug-likeness (QED) is 0.00950. The molecule has 0 bridgehead atoms. The first kappa shape index (κ1) is 74.7. The molecule has 7 aromatic rings. The molecule has 0 unspecified atom stereocenters. The fraction of sp³-hybridized carbons (Fsp3) is 0.451. The monoisotopic (exact) mass is 1330 g/mol. The van der Waals surface area contributed by atoms with Crippen molar-refractivity contribution in [2.24, 2.45) is 0 Å². The van der Waals surface area contributed by atoms with Crippen LogP contribution in [0.25, 0.3) is 0 Å². The minimum absolute atomic E-state index is 0.0254. The summed E-state index contributed by atoms with van der Waals surface area (Å²) in [5, 5.41) is 4.65. The number of hydrogen-bond donors (Lipinski definition) is 0. The van der Waals surface area contributed by atoms with Gasteiger partial charge in [-0.05, 0) is 68.1 Å². The van der Waals surface area contributed by atoms with Crippen LogP contribution in [0.4, 0.5) is 0 Å². The molecule has 0 aliphatic rings. The standard InChI is InChI=1S/C34H40IOP.C32H48O2.C16H24O2/c1(3-5-19-29-36-30-31-20-10-6-11-21-31)2-4-18-28-35-37(32-22-12-7-13-23-32,33-24-14-8-15-25-33)34-26-16-9-17-27-34;1(3-5-7-9-11-13-21-27-33-29-31-23-17-15-18-24-31)2-4-6-8-10-12-14-22-28-34-30-32-25-19-16-20-26-32;17-13-9-4-2-1-3-5-10-14-18-15-16-11-7-6-8-12-16/h6-17,20-27H,1-5,18-19,28-30H2;1-2,15-20,23-26H,3-14,21-22,27-30H2;6-8,11-13H,1-5,9-10,14-15H2/b;2-1-;. The minimum atomic E-state index is -1.56. The van der Waals surface area contributed by atoms with Crippen molar-refractivity contribution < 1.29 is 44.4 Å². The first-order chi connectivity index (χ1) is 44.3. The van der Waals surface area contributed by atoms with Crippen molar-refractivity contribution in [1.29, 1.82) is 0 Å². The molecule has 0 heterocycles. The minimum Gasteiger partial charge on any atom is -0.0619 e. The van der Waals surface area contributed by atoms with Crippen LogP contribution < -0.4 is 36.6 Å². The van der Waals surface area contributed by atoms with E-state index < -0.39 is 4.90 Å². The molecule has 482 valence electrons. The summed E-state index contributed by atoms with van der Waals surface area (Å²) in [6.45, 7) is 6.47. The molecule has 0 spiro atoms. The van der Waals surface area contributed by atoms with Gasteiger partial charge in [-0.1, -0.05) is 211 Å². The molecule has 7 aromatic carbocycles. The van der Waals surface area contributed by atoms with E-state index in [1.165, 1.54) is 187 Å². The second kappa shape index (κ2) is 53.6. The number of halogens is 1. The van der Waals surface area contributed by atoms with Crippen LogP contribution >= 0.6 is 4.90 Å². The van der Waals surface area contributed by atoms with Gasteiger partial charge in [-0.25, -0.2) is 0 Å². The molecular weight excluding hydrogens is 1220 g/mol. The van der Waals surface area contributed by atoms with Gasteiger partial charge >= 0.3 is 205 Å². The van der Waals surface area contributed by atoms with Gasteiger partial charge in [-0.3, -0.25) is 0 Å². The third-order valence-corrected chi connectivity index (χ3v) is 29.7. The van der Waals surface area contributed by atoms with Crippen LogP contribution in [-0.2, 0) is 50.2 Å². The summed E-state index contributed by atoms with van der Waals surface area (Å²) in [6, 6.07) is 75.8. The molecule has 89 heavy (non-hydrogen) atoms. The summed E-state index contributed by atoms with van der Waals surface area (Å²) in [5.74, 6) is 0. The zero-order chi connectivity index (χ0) is 62.1. The smallest absolute Gasteiger partial charge is 0.0567 e. The van der Waals surface area contributed by atoms with Gasteiger partial charge in [0.2, 0.25) is 0 Å². The molecule has 5 nitrogen and oxygen atoms in total. The molecular formula is C82H112IO5P. The molecule has 0 saturated carbocycles. The number of alkyl halides is 1. The van der Waals surface area contributed by atoms with Crippen LogP contribution in [0.2, 0.25) is 0 Å². The van der Waals surface area contributed by atoms with E-state index in [0.29, 0.717) is 0 Å². The largest absolute Gasteiger partial charge is 0.0619 e. The van der Waals surface area contributed by atoms with E-state index in [2.05, 4.69) is 206 Å². The van der Waals surface area contributed by atoms with E-state index in [9.17, 15) is 4.79 Å². The predicted molar refractivity (Wildman–Crippen MR) is 379 cm³/mol. The molecule has 7 heteroatoms. The molecule has 0 N–H and O–H groups in total. The van der Waals surface area contributed by atoms with E-state index in [4.69, 9.17) is 18.9 Å². The summed E-state index contributed by atoms with van der Waals surface area (Å²) < 4.78 is 24.3. The second-order valence-electron chi connectivity index (χ2n) is 23.4. The van der Waals surface area contributed by atoms with E-state index >= 15 is 0 Å². The van der Waals surface area contributed by atoms with Gasteiger partial charge in [-0.2, -0.15) is 0 Å². The topological polar surface area (TPSA) is 54.0 Å². The van der Waals surface area contributed by atoms with Gasteiger partial charge in [0, 0.05) is 26.2 Å². The van der Waals surface area contributed by atoms with Gasteiger partial charge in [0.1, 0.15) is 6.29 Å². The average molecular weight is 1340 g/mol. The van der Waals surface area contributed by atoms with Crippen LogP contribution in [0.15, 0.2) is 224 Å². The van der Waals surface area contributed by atoms with Crippen LogP contribution in [0, 0.1) is 0 Å². The summed E-state index contributed by atoms with van der Waals surface area (Å²) >= 11 is -0.0254. The fourth-order valence-corrected chi connectivity index (χ4v) is 24.3. The van der Waals surface area contributed by atoms with E-state index in [1.807, 2.05) is 18.2 Å². The van der Waals surface area contributed by atoms with Crippen molar-refractivity contribution >= 4 is 27.1 Å². The normalized spacial score (nSPS) is 11.3. The summed E-state index contributed by atoms with van der Waals surface area (Å²) in [7, 11) is 0. The number of unbranched alkanes of at least 4 members (excludes halogenated alkanes) is 24. The molecule has 0 saturated heterocycles. The Bertz CT molecular complexity index is 2500. The Balaban J connectivity index is 0.000000257. The predicted octanol–water partition coefficient (Wildman–Crippen LogP) is 18.5. The zero-order valence-corrected chi connectivity index (χ0v) is 57.5. The third-order valence-electron chi connectivity index (χ3n) is 15.8. The maximum Gasteiger partial charge on any atom is -0.0567 e. The number of aldehydes is 1. The summed E-state index contributed by atoms with van der Waals surface area (Å²) in [5.41, 5.74) is 5.05. The Morgan fingerprint density at radius 2 is 0.483 bits per heavy atom. The van der Waals surface area contributed by atoms with Crippen molar-refractivity contribution in [1.82, 2.24) is 0 Å². The summed E-state index contributed by atoms with van der Waals surface area (Å²) in [6.07, 6.45) is 41.2. The number of allylic oxidation sites excluding steroid dienone is 2. The van der Waals surface area contributed by atoms with Crippen molar-refractivity contribution in [3.8, 4) is 0 Å². The molecule has 0 radical (unpaired) electrons. The second-order valence-corrected chi connectivity index (χ2v) is 33.8. The van der Waals surface area contributed by atoms with Crippen LogP contribution in [0.1, 0.15) is 202 Å². The van der Waals surface area contributed by atoms with Crippen LogP contribution in [0.5, 0.6) is 0 Å². The zero-order valence-electron chi connectivity index (χ0n) is 54.5. The van der Waals surface area contributed by atoms with Crippen LogP contribution in [-0.4, -0.2) is 37.1 Å². The first-order valence-corrected chi connectivity index (χ1v) is 40.6. The number of benzene rings is 7. The SMILES string of the molecule is C(=C/CCCCCCCCOCc1ccccc1)/CCCCCCCCOCc1ccccc1.O=CCCCCCCCCOCc1ccccc1.c1ccc(COCCCCCCCCC[I-][P+](c2ccccc2)(c2ccccc2)c2ccccc2)cc1. The molecule has 0 atom stereocenters. The molecule has 0 aliphatic carbocycles. The van der Waals surface area contributed by atoms with Gasteiger partial charge < -0.3 is 19.0 Å². The maximum atomic E-state index is 10.1. The molecule has 7 rings (SSSR count). The number of rotatable bonds is 49. The number of ether oxygens (including phenoxy) is 4. The Hall–Kier alpha value is -5.05. The Morgan fingerprint density at radius 1 is 0.258 bits per heavy atom. The molecule has 0 fully saturated rings. The van der Waals surface area contributed by atoms with Crippen LogP contribution in [0.3, 0.4) is 0 Å². The fourth-order valence-electron chi connectivity index (χ4n) is 10.7.